The monoisotopic (exact) mass is 266 g/mol. The van der Waals surface area contributed by atoms with Crippen LogP contribution in [0.15, 0.2) is 0 Å². The van der Waals surface area contributed by atoms with Crippen molar-refractivity contribution in [3.05, 3.63) is 0 Å². The summed E-state index contributed by atoms with van der Waals surface area (Å²) < 4.78 is 0. The molecule has 0 aromatic carbocycles. The van der Waals surface area contributed by atoms with Crippen molar-refractivity contribution in [1.29, 1.82) is 0 Å². The first-order valence-corrected chi connectivity index (χ1v) is 9.09. The fourth-order valence-electron chi connectivity index (χ4n) is 4.05. The van der Waals surface area contributed by atoms with Crippen LogP contribution < -0.4 is 0 Å². The smallest absolute Gasteiger partial charge is 0.0354 e. The van der Waals surface area contributed by atoms with Crippen LogP contribution in [0.2, 0.25) is 0 Å². The summed E-state index contributed by atoms with van der Waals surface area (Å²) in [5.74, 6) is 2.03. The first-order chi connectivity index (χ1) is 9.09. The largest absolute Gasteiger partial charge is 0.0651 e. The maximum atomic E-state index is 2.48. The van der Waals surface area contributed by atoms with Gasteiger partial charge in [0.05, 0.1) is 0 Å². The summed E-state index contributed by atoms with van der Waals surface area (Å²) in [6, 6.07) is 0. The van der Waals surface area contributed by atoms with Gasteiger partial charge in [-0.1, -0.05) is 91.9 Å². The molecule has 1 aliphatic carbocycles. The van der Waals surface area contributed by atoms with E-state index in [1.165, 1.54) is 77.0 Å². The van der Waals surface area contributed by atoms with Crippen LogP contribution >= 0.6 is 0 Å². The van der Waals surface area contributed by atoms with E-state index in [-0.39, 0.29) is 0 Å². The van der Waals surface area contributed by atoms with E-state index in [1.54, 1.807) is 0 Å². The Balaban J connectivity index is 2.50. The highest BCUT2D eigenvalue weighted by Crippen LogP contribution is 2.34. The van der Waals surface area contributed by atoms with Gasteiger partial charge in [0.15, 0.2) is 0 Å². The highest BCUT2D eigenvalue weighted by Gasteiger charge is 2.20. The van der Waals surface area contributed by atoms with Crippen molar-refractivity contribution in [2.75, 3.05) is 0 Å². The van der Waals surface area contributed by atoms with E-state index in [4.69, 9.17) is 0 Å². The van der Waals surface area contributed by atoms with Crippen LogP contribution in [0, 0.1) is 17.3 Å². The molecule has 0 nitrogen and oxygen atoms in total. The van der Waals surface area contributed by atoms with Gasteiger partial charge in [-0.05, 0) is 30.1 Å². The van der Waals surface area contributed by atoms with Gasteiger partial charge in [-0.3, -0.25) is 0 Å². The molecule has 1 fully saturated rings. The first kappa shape index (κ1) is 17.1. The van der Waals surface area contributed by atoms with Crippen molar-refractivity contribution in [3.63, 3.8) is 0 Å². The molecule has 19 heavy (non-hydrogen) atoms. The Labute approximate surface area is 122 Å². The van der Waals surface area contributed by atoms with Gasteiger partial charge in [-0.2, -0.15) is 0 Å². The fraction of sp³-hybridized carbons (Fsp3) is 1.00. The lowest BCUT2D eigenvalue weighted by atomic mass is 9.81. The van der Waals surface area contributed by atoms with Crippen molar-refractivity contribution in [3.8, 4) is 0 Å². The quantitative estimate of drug-likeness (QED) is 0.505. The summed E-state index contributed by atoms with van der Waals surface area (Å²) in [4.78, 5) is 0. The summed E-state index contributed by atoms with van der Waals surface area (Å²) in [6.45, 7) is 9.79. The molecular weight excluding hydrogens is 228 g/mol. The molecule has 0 bridgehead atoms. The predicted molar refractivity (Wildman–Crippen MR) is 87.5 cm³/mol. The van der Waals surface area contributed by atoms with Crippen LogP contribution in [-0.2, 0) is 0 Å². The van der Waals surface area contributed by atoms with Gasteiger partial charge in [-0.15, -0.1) is 0 Å². The van der Waals surface area contributed by atoms with Crippen LogP contribution in [-0.4, -0.2) is 0 Å². The summed E-state index contributed by atoms with van der Waals surface area (Å²) in [5, 5.41) is 0. The van der Waals surface area contributed by atoms with Gasteiger partial charge in [0.1, 0.15) is 0 Å². The minimum atomic E-state index is 0.600. The second-order valence-corrected chi connectivity index (χ2v) is 7.70. The molecule has 2 atom stereocenters. The molecule has 0 aromatic heterocycles. The summed E-state index contributed by atoms with van der Waals surface area (Å²) in [6.07, 6.45) is 17.5. The standard InChI is InChI=1S/C19H38/c1-5-17-13-9-7-11-15-19(3,4)16-12-8-10-14-18(17)6-2/h17-18H,5-16H2,1-4H3. The fourth-order valence-corrected chi connectivity index (χ4v) is 4.05. The van der Waals surface area contributed by atoms with E-state index in [2.05, 4.69) is 27.7 Å². The number of rotatable bonds is 2. The maximum absolute atomic E-state index is 2.48. The van der Waals surface area contributed by atoms with Crippen molar-refractivity contribution in [2.24, 2.45) is 17.3 Å². The van der Waals surface area contributed by atoms with Crippen molar-refractivity contribution in [2.45, 2.75) is 105 Å². The molecule has 0 N–H and O–H groups in total. The Kier molecular flexibility index (Phi) is 8.11. The topological polar surface area (TPSA) is 0 Å². The van der Waals surface area contributed by atoms with E-state index in [0.29, 0.717) is 5.41 Å². The van der Waals surface area contributed by atoms with Crippen molar-refractivity contribution in [1.82, 2.24) is 0 Å². The lowest BCUT2D eigenvalue weighted by Gasteiger charge is -2.25. The SMILES string of the molecule is CCC1CCCCCC(C)(C)CCCCCC1CC. The number of hydrogen-bond donors (Lipinski definition) is 0. The highest BCUT2D eigenvalue weighted by molar-refractivity contribution is 4.72. The summed E-state index contributed by atoms with van der Waals surface area (Å²) >= 11 is 0. The molecule has 0 aliphatic heterocycles. The van der Waals surface area contributed by atoms with Gasteiger partial charge >= 0.3 is 0 Å². The van der Waals surface area contributed by atoms with Gasteiger partial charge in [-0.25, -0.2) is 0 Å². The van der Waals surface area contributed by atoms with Gasteiger partial charge in [0, 0.05) is 0 Å². The molecule has 1 aliphatic rings. The van der Waals surface area contributed by atoms with E-state index in [0.717, 1.165) is 11.8 Å². The van der Waals surface area contributed by atoms with E-state index < -0.39 is 0 Å². The van der Waals surface area contributed by atoms with Gasteiger partial charge in [0.25, 0.3) is 0 Å². The van der Waals surface area contributed by atoms with Crippen LogP contribution in [0.1, 0.15) is 105 Å². The molecule has 0 heterocycles. The zero-order valence-corrected chi connectivity index (χ0v) is 14.1. The molecule has 114 valence electrons. The second kappa shape index (κ2) is 9.03. The lowest BCUT2D eigenvalue weighted by molar-refractivity contribution is 0.264. The Morgan fingerprint density at radius 1 is 0.684 bits per heavy atom. The Bertz CT molecular complexity index is 194. The summed E-state index contributed by atoms with van der Waals surface area (Å²) in [7, 11) is 0. The Morgan fingerprint density at radius 2 is 1.11 bits per heavy atom. The molecule has 2 unspecified atom stereocenters. The van der Waals surface area contributed by atoms with Crippen LogP contribution in [0.5, 0.6) is 0 Å². The molecule has 0 spiro atoms. The maximum Gasteiger partial charge on any atom is -0.0354 e. The van der Waals surface area contributed by atoms with Crippen LogP contribution in [0.4, 0.5) is 0 Å². The minimum Gasteiger partial charge on any atom is -0.0651 e. The third kappa shape index (κ3) is 6.82. The molecule has 1 rings (SSSR count). The molecule has 0 heteroatoms. The van der Waals surface area contributed by atoms with Crippen LogP contribution in [0.25, 0.3) is 0 Å². The van der Waals surface area contributed by atoms with E-state index in [9.17, 15) is 0 Å². The minimum absolute atomic E-state index is 0.600. The Hall–Kier alpha value is 0. The van der Waals surface area contributed by atoms with Crippen LogP contribution in [0.3, 0.4) is 0 Å². The van der Waals surface area contributed by atoms with Gasteiger partial charge < -0.3 is 0 Å². The zero-order valence-electron chi connectivity index (χ0n) is 14.1. The lowest BCUT2D eigenvalue weighted by Crippen LogP contribution is -2.13. The predicted octanol–water partition coefficient (Wildman–Crippen LogP) is 6.98. The molecule has 1 saturated carbocycles. The first-order valence-electron chi connectivity index (χ1n) is 9.09. The molecule has 0 saturated heterocycles. The highest BCUT2D eigenvalue weighted by atomic mass is 14.3. The van der Waals surface area contributed by atoms with Gasteiger partial charge in [0.2, 0.25) is 0 Å². The van der Waals surface area contributed by atoms with Crippen molar-refractivity contribution < 1.29 is 0 Å². The average molecular weight is 267 g/mol. The molecule has 0 aromatic rings. The molecular formula is C19H38. The zero-order chi connectivity index (χ0) is 14.1. The number of hydrogen-bond acceptors (Lipinski definition) is 0. The second-order valence-electron chi connectivity index (χ2n) is 7.70. The Morgan fingerprint density at radius 3 is 1.47 bits per heavy atom. The third-order valence-corrected chi connectivity index (χ3v) is 5.57. The average Bonchev–Trinajstić information content (AvgIpc) is 2.39. The molecule has 0 amide bonds. The normalized spacial score (nSPS) is 30.9. The third-order valence-electron chi connectivity index (χ3n) is 5.57. The van der Waals surface area contributed by atoms with E-state index >= 15 is 0 Å². The van der Waals surface area contributed by atoms with Crippen molar-refractivity contribution >= 4 is 0 Å². The van der Waals surface area contributed by atoms with E-state index in [1.807, 2.05) is 0 Å². The summed E-state index contributed by atoms with van der Waals surface area (Å²) in [5.41, 5.74) is 0.600. The molecule has 0 radical (unpaired) electrons.